The molecule has 8 heteroatoms. The molecule has 1 N–H and O–H groups in total. The van der Waals surface area contributed by atoms with Crippen molar-refractivity contribution in [2.45, 2.75) is 12.3 Å². The highest BCUT2D eigenvalue weighted by Crippen LogP contribution is 2.35. The van der Waals surface area contributed by atoms with Gasteiger partial charge in [-0.3, -0.25) is 4.98 Å². The molecule has 0 saturated heterocycles. The number of aliphatic hydroxyl groups is 1. The van der Waals surface area contributed by atoms with Gasteiger partial charge in [-0.25, -0.2) is 9.97 Å². The molecule has 0 radical (unpaired) electrons. The highest BCUT2D eigenvalue weighted by atomic mass is 19.4. The third-order valence-electron chi connectivity index (χ3n) is 2.60. The molecule has 0 aliphatic heterocycles. The molecule has 0 spiro atoms. The quantitative estimate of drug-likeness (QED) is 0.934. The van der Waals surface area contributed by atoms with Gasteiger partial charge in [0.2, 0.25) is 5.88 Å². The average Bonchev–Trinajstić information content (AvgIpc) is 2.45. The van der Waals surface area contributed by atoms with Gasteiger partial charge in [0.1, 0.15) is 12.4 Å². The summed E-state index contributed by atoms with van der Waals surface area (Å²) >= 11 is 0. The minimum Gasteiger partial charge on any atom is -0.481 e. The van der Waals surface area contributed by atoms with E-state index in [1.165, 1.54) is 13.2 Å². The number of hydrogen-bond donors (Lipinski definition) is 1. The predicted octanol–water partition coefficient (Wildman–Crippen LogP) is 1.98. The molecule has 5 nitrogen and oxygen atoms in total. The van der Waals surface area contributed by atoms with Crippen LogP contribution in [0.15, 0.2) is 30.9 Å². The van der Waals surface area contributed by atoms with Crippen molar-refractivity contribution in [3.63, 3.8) is 0 Å². The lowest BCUT2D eigenvalue weighted by atomic mass is 10.0. The molecule has 0 amide bonds. The fourth-order valence-electron chi connectivity index (χ4n) is 1.66. The minimum atomic E-state index is -4.59. The van der Waals surface area contributed by atoms with Crippen LogP contribution in [-0.2, 0) is 6.18 Å². The molecule has 106 valence electrons. The van der Waals surface area contributed by atoms with Gasteiger partial charge in [0.25, 0.3) is 0 Å². The smallest absolute Gasteiger partial charge is 0.416 e. The van der Waals surface area contributed by atoms with E-state index in [0.717, 1.165) is 24.8 Å². The number of rotatable bonds is 3. The summed E-state index contributed by atoms with van der Waals surface area (Å²) in [5.74, 6) is 0.145. The van der Waals surface area contributed by atoms with Gasteiger partial charge in [0.15, 0.2) is 0 Å². The van der Waals surface area contributed by atoms with Gasteiger partial charge in [0, 0.05) is 24.0 Å². The zero-order valence-corrected chi connectivity index (χ0v) is 10.3. The van der Waals surface area contributed by atoms with E-state index in [4.69, 9.17) is 4.74 Å². The Morgan fingerprint density at radius 3 is 2.70 bits per heavy atom. The fourth-order valence-corrected chi connectivity index (χ4v) is 1.66. The first kappa shape index (κ1) is 14.2. The molecule has 1 atom stereocenters. The highest BCUT2D eigenvalue weighted by molar-refractivity contribution is 5.33. The molecule has 2 rings (SSSR count). The second-order valence-corrected chi connectivity index (χ2v) is 3.85. The number of aliphatic hydroxyl groups excluding tert-OH is 1. The largest absolute Gasteiger partial charge is 0.481 e. The summed E-state index contributed by atoms with van der Waals surface area (Å²) in [6.07, 6.45) is -3.09. The number of aromatic nitrogens is 3. The Hall–Kier alpha value is -2.22. The summed E-state index contributed by atoms with van der Waals surface area (Å²) in [5.41, 5.74) is -1.34. The van der Waals surface area contributed by atoms with Crippen LogP contribution >= 0.6 is 0 Å². The lowest BCUT2D eigenvalue weighted by Gasteiger charge is -2.16. The number of pyridine rings is 1. The van der Waals surface area contributed by atoms with E-state index in [-0.39, 0.29) is 17.1 Å². The maximum atomic E-state index is 12.9. The van der Waals surface area contributed by atoms with Gasteiger partial charge < -0.3 is 9.84 Å². The van der Waals surface area contributed by atoms with Crippen molar-refractivity contribution in [2.24, 2.45) is 0 Å². The highest BCUT2D eigenvalue weighted by Gasteiger charge is 2.35. The Labute approximate surface area is 112 Å². The third kappa shape index (κ3) is 2.85. The zero-order valence-electron chi connectivity index (χ0n) is 10.3. The maximum absolute atomic E-state index is 12.9. The van der Waals surface area contributed by atoms with Crippen LogP contribution in [0.2, 0.25) is 0 Å². The molecule has 0 bridgehead atoms. The Bertz CT molecular complexity index is 604. The number of halogens is 3. The average molecular weight is 285 g/mol. The van der Waals surface area contributed by atoms with Crippen LogP contribution in [0.4, 0.5) is 13.2 Å². The van der Waals surface area contributed by atoms with Crippen LogP contribution in [0.1, 0.15) is 22.9 Å². The maximum Gasteiger partial charge on any atom is 0.416 e. The number of hydrogen-bond acceptors (Lipinski definition) is 5. The van der Waals surface area contributed by atoms with E-state index in [1.807, 2.05) is 0 Å². The SMILES string of the molecule is COc1cc(C(O)c2cnccc2C(F)(F)F)ncn1. The van der Waals surface area contributed by atoms with E-state index in [2.05, 4.69) is 15.0 Å². The van der Waals surface area contributed by atoms with Crippen molar-refractivity contribution in [1.82, 2.24) is 15.0 Å². The van der Waals surface area contributed by atoms with E-state index < -0.39 is 17.8 Å². The standard InChI is InChI=1S/C12H10F3N3O2/c1-20-10-4-9(17-6-18-10)11(19)7-5-16-3-2-8(7)12(13,14)15/h2-6,11,19H,1H3. The molecule has 2 aromatic heterocycles. The van der Waals surface area contributed by atoms with Crippen LogP contribution in [0, 0.1) is 0 Å². The van der Waals surface area contributed by atoms with Crippen molar-refractivity contribution in [2.75, 3.05) is 7.11 Å². The molecule has 0 aliphatic rings. The molecule has 0 aromatic carbocycles. The van der Waals surface area contributed by atoms with E-state index >= 15 is 0 Å². The number of methoxy groups -OCH3 is 1. The Morgan fingerprint density at radius 1 is 1.30 bits per heavy atom. The van der Waals surface area contributed by atoms with Crippen molar-refractivity contribution < 1.29 is 23.0 Å². The van der Waals surface area contributed by atoms with Crippen LogP contribution in [0.5, 0.6) is 5.88 Å². The first-order valence-electron chi connectivity index (χ1n) is 5.48. The minimum absolute atomic E-state index is 0.00431. The molecule has 2 heterocycles. The topological polar surface area (TPSA) is 68.1 Å². The molecule has 0 aliphatic carbocycles. The number of alkyl halides is 3. The van der Waals surface area contributed by atoms with Crippen molar-refractivity contribution in [3.05, 3.63) is 47.7 Å². The Morgan fingerprint density at radius 2 is 2.05 bits per heavy atom. The summed E-state index contributed by atoms with van der Waals surface area (Å²) in [6, 6.07) is 2.06. The van der Waals surface area contributed by atoms with Crippen LogP contribution in [0.25, 0.3) is 0 Å². The molecule has 20 heavy (non-hydrogen) atoms. The van der Waals surface area contributed by atoms with E-state index in [0.29, 0.717) is 0 Å². The predicted molar refractivity (Wildman–Crippen MR) is 61.9 cm³/mol. The molecule has 2 aromatic rings. The Kier molecular flexibility index (Phi) is 3.84. The van der Waals surface area contributed by atoms with Crippen molar-refractivity contribution >= 4 is 0 Å². The summed E-state index contributed by atoms with van der Waals surface area (Å²) in [5, 5.41) is 10.1. The van der Waals surface area contributed by atoms with Gasteiger partial charge in [-0.15, -0.1) is 0 Å². The second kappa shape index (κ2) is 5.41. The summed E-state index contributed by atoms with van der Waals surface area (Å²) < 4.78 is 43.5. The summed E-state index contributed by atoms with van der Waals surface area (Å²) in [7, 11) is 1.35. The fraction of sp³-hybridized carbons (Fsp3) is 0.250. The molecule has 0 fully saturated rings. The van der Waals surface area contributed by atoms with Gasteiger partial charge >= 0.3 is 6.18 Å². The first-order chi connectivity index (χ1) is 9.43. The van der Waals surface area contributed by atoms with Gasteiger partial charge in [-0.05, 0) is 6.07 Å². The molecule has 1 unspecified atom stereocenters. The molecule has 0 saturated carbocycles. The van der Waals surface area contributed by atoms with Crippen molar-refractivity contribution in [3.8, 4) is 5.88 Å². The lowest BCUT2D eigenvalue weighted by molar-refractivity contribution is -0.139. The van der Waals surface area contributed by atoms with Crippen LogP contribution < -0.4 is 4.74 Å². The van der Waals surface area contributed by atoms with Crippen LogP contribution in [0.3, 0.4) is 0 Å². The monoisotopic (exact) mass is 285 g/mol. The van der Waals surface area contributed by atoms with Crippen molar-refractivity contribution in [1.29, 1.82) is 0 Å². The summed E-state index contributed by atoms with van der Waals surface area (Å²) in [4.78, 5) is 11.1. The third-order valence-corrected chi connectivity index (χ3v) is 2.60. The number of nitrogens with zero attached hydrogens (tertiary/aromatic N) is 3. The number of ether oxygens (including phenoxy) is 1. The van der Waals surface area contributed by atoms with E-state index in [9.17, 15) is 18.3 Å². The second-order valence-electron chi connectivity index (χ2n) is 3.85. The first-order valence-corrected chi connectivity index (χ1v) is 5.48. The zero-order chi connectivity index (χ0) is 14.8. The van der Waals surface area contributed by atoms with Crippen LogP contribution in [-0.4, -0.2) is 27.2 Å². The normalized spacial score (nSPS) is 13.1. The van der Waals surface area contributed by atoms with Gasteiger partial charge in [-0.2, -0.15) is 13.2 Å². The van der Waals surface area contributed by atoms with Gasteiger partial charge in [-0.1, -0.05) is 0 Å². The lowest BCUT2D eigenvalue weighted by Crippen LogP contribution is -2.14. The molecular weight excluding hydrogens is 275 g/mol. The molecular formula is C12H10F3N3O2. The van der Waals surface area contributed by atoms with Gasteiger partial charge in [0.05, 0.1) is 18.4 Å². The Balaban J connectivity index is 2.45. The summed E-state index contributed by atoms with van der Waals surface area (Å²) in [6.45, 7) is 0. The van der Waals surface area contributed by atoms with E-state index in [1.54, 1.807) is 0 Å².